The van der Waals surface area contributed by atoms with E-state index in [0.29, 0.717) is 13.1 Å². The summed E-state index contributed by atoms with van der Waals surface area (Å²) in [6.45, 7) is 5.08. The molecule has 2 amide bonds. The van der Waals surface area contributed by atoms with Crippen LogP contribution in [0.2, 0.25) is 0 Å². The molecule has 1 unspecified atom stereocenters. The fraction of sp³-hybridized carbons (Fsp3) is 0.833. The van der Waals surface area contributed by atoms with Crippen LogP contribution in [0, 0.1) is 11.8 Å². The molecule has 0 spiro atoms. The van der Waals surface area contributed by atoms with E-state index in [1.807, 2.05) is 13.8 Å². The second-order valence-electron chi connectivity index (χ2n) is 5.01. The summed E-state index contributed by atoms with van der Waals surface area (Å²) in [5.41, 5.74) is 5.85. The lowest BCUT2D eigenvalue weighted by molar-refractivity contribution is -0.137. The van der Waals surface area contributed by atoms with E-state index < -0.39 is 6.04 Å². The maximum atomic E-state index is 12.1. The Morgan fingerprint density at radius 3 is 2.59 bits per heavy atom. The Bertz CT molecular complexity index is 291. The molecule has 5 nitrogen and oxygen atoms in total. The molecule has 0 aromatic carbocycles. The van der Waals surface area contributed by atoms with Gasteiger partial charge in [0.15, 0.2) is 0 Å². The molecular formula is C12H23N3O2. The van der Waals surface area contributed by atoms with Crippen molar-refractivity contribution in [1.29, 1.82) is 0 Å². The summed E-state index contributed by atoms with van der Waals surface area (Å²) in [4.78, 5) is 25.4. The first-order chi connectivity index (χ1) is 7.97. The van der Waals surface area contributed by atoms with Gasteiger partial charge < -0.3 is 16.0 Å². The first-order valence-electron chi connectivity index (χ1n) is 6.23. The normalized spacial score (nSPS) is 22.4. The van der Waals surface area contributed by atoms with Gasteiger partial charge in [0.25, 0.3) is 0 Å². The van der Waals surface area contributed by atoms with Crippen LogP contribution in [-0.2, 0) is 9.59 Å². The van der Waals surface area contributed by atoms with Crippen molar-refractivity contribution >= 4 is 11.8 Å². The topological polar surface area (TPSA) is 75.4 Å². The van der Waals surface area contributed by atoms with E-state index in [-0.39, 0.29) is 23.7 Å². The van der Waals surface area contributed by atoms with Crippen LogP contribution in [0.3, 0.4) is 0 Å². The summed E-state index contributed by atoms with van der Waals surface area (Å²) in [5, 5.41) is 2.64. The van der Waals surface area contributed by atoms with Crippen molar-refractivity contribution in [3.8, 4) is 0 Å². The van der Waals surface area contributed by atoms with E-state index in [9.17, 15) is 9.59 Å². The van der Waals surface area contributed by atoms with Gasteiger partial charge in [0, 0.05) is 20.1 Å². The van der Waals surface area contributed by atoms with Gasteiger partial charge in [-0.1, -0.05) is 13.8 Å². The van der Waals surface area contributed by atoms with Crippen molar-refractivity contribution in [2.45, 2.75) is 32.7 Å². The number of nitrogens with one attached hydrogen (secondary N) is 1. The van der Waals surface area contributed by atoms with Crippen LogP contribution in [0.1, 0.15) is 26.7 Å². The smallest absolute Gasteiger partial charge is 0.239 e. The number of rotatable bonds is 3. The van der Waals surface area contributed by atoms with Crippen LogP contribution in [0.5, 0.6) is 0 Å². The van der Waals surface area contributed by atoms with E-state index >= 15 is 0 Å². The van der Waals surface area contributed by atoms with Crippen molar-refractivity contribution in [2.24, 2.45) is 17.6 Å². The van der Waals surface area contributed by atoms with Crippen LogP contribution < -0.4 is 11.1 Å². The van der Waals surface area contributed by atoms with E-state index in [4.69, 9.17) is 5.73 Å². The molecule has 1 rings (SSSR count). The number of amides is 2. The van der Waals surface area contributed by atoms with E-state index in [1.54, 1.807) is 11.9 Å². The fourth-order valence-corrected chi connectivity index (χ4v) is 2.09. The van der Waals surface area contributed by atoms with Gasteiger partial charge in [0.05, 0.1) is 12.0 Å². The standard InChI is InChI=1S/C12H23N3O2/c1-8(2)10(13)12(17)15-6-4-5-9(7-15)11(16)14-3/h8-10H,4-7,13H2,1-3H3,(H,14,16)/t9?,10-/m1/s1. The summed E-state index contributed by atoms with van der Waals surface area (Å²) < 4.78 is 0. The predicted molar refractivity (Wildman–Crippen MR) is 66.2 cm³/mol. The molecule has 1 aliphatic rings. The minimum Gasteiger partial charge on any atom is -0.359 e. The molecule has 3 N–H and O–H groups in total. The first kappa shape index (κ1) is 14.0. The zero-order chi connectivity index (χ0) is 13.0. The Hall–Kier alpha value is -1.10. The van der Waals surface area contributed by atoms with Crippen LogP contribution in [0.25, 0.3) is 0 Å². The number of piperidine rings is 1. The molecule has 0 saturated carbocycles. The molecule has 98 valence electrons. The van der Waals surface area contributed by atoms with Gasteiger partial charge in [-0.15, -0.1) is 0 Å². The highest BCUT2D eigenvalue weighted by molar-refractivity contribution is 5.84. The van der Waals surface area contributed by atoms with Crippen molar-refractivity contribution in [1.82, 2.24) is 10.2 Å². The lowest BCUT2D eigenvalue weighted by atomic mass is 9.95. The van der Waals surface area contributed by atoms with E-state index in [0.717, 1.165) is 12.8 Å². The summed E-state index contributed by atoms with van der Waals surface area (Å²) in [6, 6.07) is -0.460. The highest BCUT2D eigenvalue weighted by atomic mass is 16.2. The molecule has 0 aromatic rings. The van der Waals surface area contributed by atoms with Gasteiger partial charge in [-0.05, 0) is 18.8 Å². The van der Waals surface area contributed by atoms with Gasteiger partial charge in [0.1, 0.15) is 0 Å². The second kappa shape index (κ2) is 6.00. The highest BCUT2D eigenvalue weighted by Crippen LogP contribution is 2.18. The molecule has 1 fully saturated rings. The number of carbonyl (C=O) groups excluding carboxylic acids is 2. The lowest BCUT2D eigenvalue weighted by Gasteiger charge is -2.34. The Morgan fingerprint density at radius 2 is 2.06 bits per heavy atom. The minimum atomic E-state index is -0.460. The Labute approximate surface area is 103 Å². The Balaban J connectivity index is 2.60. The summed E-state index contributed by atoms with van der Waals surface area (Å²) in [5.74, 6) is 0.0224. The zero-order valence-corrected chi connectivity index (χ0v) is 10.9. The molecule has 1 heterocycles. The SMILES string of the molecule is CNC(=O)C1CCCN(C(=O)[C@H](N)C(C)C)C1. The molecule has 0 radical (unpaired) electrons. The molecule has 0 aromatic heterocycles. The van der Waals surface area contributed by atoms with Gasteiger partial charge in [0.2, 0.25) is 11.8 Å². The monoisotopic (exact) mass is 241 g/mol. The minimum absolute atomic E-state index is 0.0145. The maximum Gasteiger partial charge on any atom is 0.239 e. The van der Waals surface area contributed by atoms with Crippen molar-refractivity contribution in [3.05, 3.63) is 0 Å². The van der Waals surface area contributed by atoms with Gasteiger partial charge >= 0.3 is 0 Å². The maximum absolute atomic E-state index is 12.1. The number of hydrogen-bond acceptors (Lipinski definition) is 3. The van der Waals surface area contributed by atoms with Crippen molar-refractivity contribution in [2.75, 3.05) is 20.1 Å². The third kappa shape index (κ3) is 3.43. The Morgan fingerprint density at radius 1 is 1.41 bits per heavy atom. The molecular weight excluding hydrogens is 218 g/mol. The summed E-state index contributed by atoms with van der Waals surface area (Å²) in [7, 11) is 1.63. The molecule has 1 saturated heterocycles. The van der Waals surface area contributed by atoms with Crippen LogP contribution in [-0.4, -0.2) is 42.9 Å². The number of nitrogens with zero attached hydrogens (tertiary/aromatic N) is 1. The summed E-state index contributed by atoms with van der Waals surface area (Å²) >= 11 is 0. The average Bonchev–Trinajstić information content (AvgIpc) is 2.36. The average molecular weight is 241 g/mol. The zero-order valence-electron chi connectivity index (χ0n) is 10.9. The third-order valence-electron chi connectivity index (χ3n) is 3.35. The van der Waals surface area contributed by atoms with Crippen molar-refractivity contribution < 1.29 is 9.59 Å². The quantitative estimate of drug-likeness (QED) is 0.727. The summed E-state index contributed by atoms with van der Waals surface area (Å²) in [6.07, 6.45) is 1.72. The van der Waals surface area contributed by atoms with E-state index in [2.05, 4.69) is 5.32 Å². The highest BCUT2D eigenvalue weighted by Gasteiger charge is 2.30. The molecule has 17 heavy (non-hydrogen) atoms. The molecule has 0 bridgehead atoms. The molecule has 0 aliphatic carbocycles. The van der Waals surface area contributed by atoms with Crippen LogP contribution in [0.4, 0.5) is 0 Å². The number of carbonyl (C=O) groups is 2. The van der Waals surface area contributed by atoms with Crippen molar-refractivity contribution in [3.63, 3.8) is 0 Å². The fourth-order valence-electron chi connectivity index (χ4n) is 2.09. The van der Waals surface area contributed by atoms with Gasteiger partial charge in [-0.3, -0.25) is 9.59 Å². The molecule has 2 atom stereocenters. The number of likely N-dealkylation sites (tertiary alicyclic amines) is 1. The Kier molecular flexibility index (Phi) is 4.93. The second-order valence-corrected chi connectivity index (χ2v) is 5.01. The number of nitrogens with two attached hydrogens (primary N) is 1. The third-order valence-corrected chi connectivity index (χ3v) is 3.35. The lowest BCUT2D eigenvalue weighted by Crippen LogP contribution is -2.51. The molecule has 1 aliphatic heterocycles. The molecule has 5 heteroatoms. The first-order valence-corrected chi connectivity index (χ1v) is 6.23. The van der Waals surface area contributed by atoms with Gasteiger partial charge in [-0.25, -0.2) is 0 Å². The van der Waals surface area contributed by atoms with E-state index in [1.165, 1.54) is 0 Å². The predicted octanol–water partition coefficient (Wildman–Crippen LogP) is -0.0457. The van der Waals surface area contributed by atoms with Crippen LogP contribution in [0.15, 0.2) is 0 Å². The van der Waals surface area contributed by atoms with Gasteiger partial charge in [-0.2, -0.15) is 0 Å². The van der Waals surface area contributed by atoms with Crippen LogP contribution >= 0.6 is 0 Å². The number of hydrogen-bond donors (Lipinski definition) is 2. The largest absolute Gasteiger partial charge is 0.359 e.